The van der Waals surface area contributed by atoms with E-state index in [1.54, 1.807) is 0 Å². The molecule has 4 nitrogen and oxygen atoms in total. The first-order chi connectivity index (χ1) is 13.2. The molecule has 0 aromatic carbocycles. The van der Waals surface area contributed by atoms with Gasteiger partial charge >= 0.3 is 5.97 Å². The molecule has 154 valence electrons. The lowest BCUT2D eigenvalue weighted by Crippen LogP contribution is -2.48. The molecule has 0 aromatic rings. The van der Waals surface area contributed by atoms with Gasteiger partial charge in [0.05, 0.1) is 6.10 Å². The van der Waals surface area contributed by atoms with Crippen LogP contribution in [-0.2, 0) is 9.59 Å². The van der Waals surface area contributed by atoms with Crippen molar-refractivity contribution in [3.05, 3.63) is 23.3 Å². The van der Waals surface area contributed by atoms with E-state index in [0.29, 0.717) is 12.3 Å². The zero-order chi connectivity index (χ0) is 20.3. The monoisotopic (exact) mass is 386 g/mol. The first kappa shape index (κ1) is 19.9. The lowest BCUT2D eigenvalue weighted by Gasteiger charge is -2.52. The fraction of sp³-hybridized carbons (Fsp3) is 0.750. The Labute approximate surface area is 168 Å². The van der Waals surface area contributed by atoms with Crippen molar-refractivity contribution >= 4 is 11.8 Å². The number of aliphatic hydroxyl groups is 1. The number of carboxylic acids is 1. The summed E-state index contributed by atoms with van der Waals surface area (Å²) >= 11 is 0. The molecule has 4 rings (SSSR count). The van der Waals surface area contributed by atoms with Crippen LogP contribution in [0.3, 0.4) is 0 Å². The molecule has 2 saturated carbocycles. The maximum atomic E-state index is 13.5. The van der Waals surface area contributed by atoms with E-state index in [2.05, 4.69) is 26.8 Å². The molecule has 0 aromatic heterocycles. The molecule has 0 heterocycles. The number of ketones is 1. The zero-order valence-electron chi connectivity index (χ0n) is 17.4. The van der Waals surface area contributed by atoms with E-state index in [1.807, 2.05) is 6.08 Å². The molecule has 0 spiro atoms. The van der Waals surface area contributed by atoms with Crippen LogP contribution in [0.1, 0.15) is 72.1 Å². The maximum absolute atomic E-state index is 13.5. The number of fused-ring (bicyclic) bond motifs is 5. The highest BCUT2D eigenvalue weighted by atomic mass is 16.4. The molecule has 0 aliphatic heterocycles. The summed E-state index contributed by atoms with van der Waals surface area (Å²) in [5.74, 6) is 0.681. The lowest BCUT2D eigenvalue weighted by molar-refractivity contribution is -0.137. The van der Waals surface area contributed by atoms with Gasteiger partial charge in [-0.15, -0.1) is 0 Å². The molecule has 0 saturated heterocycles. The van der Waals surface area contributed by atoms with E-state index in [1.165, 1.54) is 11.1 Å². The van der Waals surface area contributed by atoms with E-state index < -0.39 is 11.4 Å². The van der Waals surface area contributed by atoms with Crippen LogP contribution in [0.25, 0.3) is 0 Å². The van der Waals surface area contributed by atoms with Gasteiger partial charge in [0.1, 0.15) is 0 Å². The summed E-state index contributed by atoms with van der Waals surface area (Å²) in [6, 6.07) is 0. The van der Waals surface area contributed by atoms with Gasteiger partial charge in [-0.05, 0) is 91.3 Å². The third kappa shape index (κ3) is 2.82. The van der Waals surface area contributed by atoms with Crippen LogP contribution in [0.5, 0.6) is 0 Å². The fourth-order valence-corrected chi connectivity index (χ4v) is 7.13. The summed E-state index contributed by atoms with van der Waals surface area (Å²) in [5, 5.41) is 19.2. The van der Waals surface area contributed by atoms with Crippen molar-refractivity contribution < 1.29 is 19.8 Å². The van der Waals surface area contributed by atoms with Crippen LogP contribution >= 0.6 is 0 Å². The lowest BCUT2D eigenvalue weighted by atomic mass is 9.51. The number of hydrogen-bond donors (Lipinski definition) is 2. The SMILES string of the molecule is C[C@H](CCC(=O)O)[C@H]1CC[C@H]2C3=CC[C@@H]4C[C@H](O)CC[C@]4(C)C3=CC(=O)[C@]12C. The van der Waals surface area contributed by atoms with Crippen molar-refractivity contribution in [2.75, 3.05) is 0 Å². The Morgan fingerprint density at radius 3 is 2.75 bits per heavy atom. The van der Waals surface area contributed by atoms with Crippen LogP contribution in [0.15, 0.2) is 23.3 Å². The van der Waals surface area contributed by atoms with Gasteiger partial charge in [-0.3, -0.25) is 9.59 Å². The Kier molecular flexibility index (Phi) is 4.85. The number of carbonyl (C=O) groups is 2. The van der Waals surface area contributed by atoms with Crippen molar-refractivity contribution in [3.63, 3.8) is 0 Å². The van der Waals surface area contributed by atoms with Gasteiger partial charge in [0, 0.05) is 11.8 Å². The summed E-state index contributed by atoms with van der Waals surface area (Å²) in [4.78, 5) is 24.5. The van der Waals surface area contributed by atoms with Gasteiger partial charge in [-0.2, -0.15) is 0 Å². The van der Waals surface area contributed by atoms with Crippen LogP contribution in [0, 0.1) is 34.5 Å². The third-order valence-corrected chi connectivity index (χ3v) is 8.95. The molecule has 4 aliphatic rings. The maximum Gasteiger partial charge on any atom is 0.303 e. The smallest absolute Gasteiger partial charge is 0.303 e. The summed E-state index contributed by atoms with van der Waals surface area (Å²) in [6.07, 6.45) is 10.6. The first-order valence-corrected chi connectivity index (χ1v) is 11.0. The molecule has 0 radical (unpaired) electrons. The molecule has 2 N–H and O–H groups in total. The quantitative estimate of drug-likeness (QED) is 0.744. The van der Waals surface area contributed by atoms with Crippen molar-refractivity contribution in [1.29, 1.82) is 0 Å². The van der Waals surface area contributed by atoms with E-state index in [0.717, 1.165) is 38.5 Å². The fourth-order valence-electron chi connectivity index (χ4n) is 7.13. The second kappa shape index (κ2) is 6.83. The summed E-state index contributed by atoms with van der Waals surface area (Å²) in [7, 11) is 0. The second-order valence-corrected chi connectivity index (χ2v) is 10.3. The number of aliphatic hydroxyl groups excluding tert-OH is 1. The number of carbonyl (C=O) groups excluding carboxylic acids is 1. The average molecular weight is 387 g/mol. The van der Waals surface area contributed by atoms with Crippen LogP contribution in [-0.4, -0.2) is 28.1 Å². The van der Waals surface area contributed by atoms with Crippen LogP contribution in [0.4, 0.5) is 0 Å². The van der Waals surface area contributed by atoms with Crippen molar-refractivity contribution in [1.82, 2.24) is 0 Å². The molecule has 0 amide bonds. The second-order valence-electron chi connectivity index (χ2n) is 10.3. The molecular formula is C24H34O4. The van der Waals surface area contributed by atoms with Gasteiger partial charge in [0.2, 0.25) is 0 Å². The predicted octanol–water partition coefficient (Wildman–Crippen LogP) is 4.53. The van der Waals surface area contributed by atoms with Gasteiger partial charge in [0.25, 0.3) is 0 Å². The highest BCUT2D eigenvalue weighted by molar-refractivity contribution is 5.99. The van der Waals surface area contributed by atoms with Crippen LogP contribution in [0.2, 0.25) is 0 Å². The molecule has 0 bridgehead atoms. The molecule has 2 fully saturated rings. The van der Waals surface area contributed by atoms with Gasteiger partial charge in [0.15, 0.2) is 5.78 Å². The highest BCUT2D eigenvalue weighted by Crippen LogP contribution is 2.63. The van der Waals surface area contributed by atoms with E-state index in [4.69, 9.17) is 5.11 Å². The van der Waals surface area contributed by atoms with E-state index in [9.17, 15) is 14.7 Å². The predicted molar refractivity (Wildman–Crippen MR) is 108 cm³/mol. The topological polar surface area (TPSA) is 74.6 Å². The minimum Gasteiger partial charge on any atom is -0.481 e. The van der Waals surface area contributed by atoms with Gasteiger partial charge < -0.3 is 10.2 Å². The Bertz CT molecular complexity index is 750. The number of rotatable bonds is 4. The Morgan fingerprint density at radius 2 is 2.04 bits per heavy atom. The largest absolute Gasteiger partial charge is 0.481 e. The summed E-state index contributed by atoms with van der Waals surface area (Å²) < 4.78 is 0. The van der Waals surface area contributed by atoms with Crippen LogP contribution < -0.4 is 0 Å². The Hall–Kier alpha value is -1.42. The normalized spacial score (nSPS) is 43.4. The number of allylic oxidation sites excluding steroid dienone is 4. The zero-order valence-corrected chi connectivity index (χ0v) is 17.4. The summed E-state index contributed by atoms with van der Waals surface area (Å²) in [6.45, 7) is 6.57. The highest BCUT2D eigenvalue weighted by Gasteiger charge is 2.58. The van der Waals surface area contributed by atoms with Gasteiger partial charge in [-0.1, -0.05) is 26.8 Å². The standard InChI is InChI=1S/C24H34O4/c1-14(4-9-22(27)28)18-7-8-19-17-6-5-15-12-16(25)10-11-23(15,2)20(17)13-21(26)24(18,19)3/h6,13-16,18-19,25H,4-5,7-12H2,1-3H3,(H,27,28)/t14-,15-,16-,18-,19+,23+,24-/m1/s1. The average Bonchev–Trinajstić information content (AvgIpc) is 3.00. The third-order valence-electron chi connectivity index (χ3n) is 8.95. The Morgan fingerprint density at radius 1 is 1.29 bits per heavy atom. The molecule has 4 aliphatic carbocycles. The van der Waals surface area contributed by atoms with Gasteiger partial charge in [-0.25, -0.2) is 0 Å². The molecule has 0 unspecified atom stereocenters. The molecule has 28 heavy (non-hydrogen) atoms. The molecular weight excluding hydrogens is 352 g/mol. The Balaban J connectivity index is 1.66. The minimum atomic E-state index is -0.753. The van der Waals surface area contributed by atoms with Crippen molar-refractivity contribution in [2.24, 2.45) is 34.5 Å². The van der Waals surface area contributed by atoms with E-state index in [-0.39, 0.29) is 41.5 Å². The van der Waals surface area contributed by atoms with Crippen molar-refractivity contribution in [3.8, 4) is 0 Å². The van der Waals surface area contributed by atoms with Crippen molar-refractivity contribution in [2.45, 2.75) is 78.2 Å². The first-order valence-electron chi connectivity index (χ1n) is 11.0. The van der Waals surface area contributed by atoms with E-state index >= 15 is 0 Å². The number of hydrogen-bond acceptors (Lipinski definition) is 3. The molecule has 7 atom stereocenters. The number of carboxylic acid groups (broad SMARTS) is 1. The number of aliphatic carboxylic acids is 1. The minimum absolute atomic E-state index is 0.00726. The summed E-state index contributed by atoms with van der Waals surface area (Å²) in [5.41, 5.74) is 2.25. The molecule has 4 heteroatoms.